The first-order valence-corrected chi connectivity index (χ1v) is 6.50. The molecule has 0 saturated carbocycles. The van der Waals surface area contributed by atoms with E-state index < -0.39 is 0 Å². The van der Waals surface area contributed by atoms with Crippen LogP contribution in [0, 0.1) is 0 Å². The maximum Gasteiger partial charge on any atom is 0.257 e. The van der Waals surface area contributed by atoms with E-state index in [0.29, 0.717) is 23.6 Å². The van der Waals surface area contributed by atoms with Gasteiger partial charge in [-0.2, -0.15) is 5.10 Å². The van der Waals surface area contributed by atoms with Crippen molar-refractivity contribution in [3.63, 3.8) is 0 Å². The molecule has 0 aliphatic heterocycles. The molecule has 0 radical (unpaired) electrons. The van der Waals surface area contributed by atoms with Crippen LogP contribution in [0.25, 0.3) is 0 Å². The van der Waals surface area contributed by atoms with Gasteiger partial charge >= 0.3 is 0 Å². The van der Waals surface area contributed by atoms with E-state index in [9.17, 15) is 4.79 Å². The summed E-state index contributed by atoms with van der Waals surface area (Å²) in [6.07, 6.45) is 3.26. The smallest absolute Gasteiger partial charge is 0.257 e. The number of benzene rings is 1. The minimum Gasteiger partial charge on any atom is -0.493 e. The van der Waals surface area contributed by atoms with Crippen molar-refractivity contribution < 1.29 is 14.3 Å². The molecule has 0 atom stereocenters. The third-order valence-electron chi connectivity index (χ3n) is 3.17. The molecule has 6 heteroatoms. The number of aromatic nitrogens is 2. The average molecular weight is 289 g/mol. The van der Waals surface area contributed by atoms with Crippen LogP contribution in [-0.2, 0) is 13.6 Å². The van der Waals surface area contributed by atoms with Crippen LogP contribution >= 0.6 is 0 Å². The minimum atomic E-state index is -0.0714. The monoisotopic (exact) mass is 289 g/mol. The van der Waals surface area contributed by atoms with Crippen LogP contribution in [0.1, 0.15) is 15.9 Å². The maximum atomic E-state index is 12.3. The Morgan fingerprint density at radius 2 is 2.00 bits per heavy atom. The van der Waals surface area contributed by atoms with Gasteiger partial charge in [0.15, 0.2) is 11.5 Å². The summed E-state index contributed by atoms with van der Waals surface area (Å²) in [6.45, 7) is 0.480. The van der Waals surface area contributed by atoms with E-state index in [1.165, 1.54) is 0 Å². The minimum absolute atomic E-state index is 0.0714. The van der Waals surface area contributed by atoms with E-state index in [-0.39, 0.29) is 5.91 Å². The van der Waals surface area contributed by atoms with Gasteiger partial charge in [-0.25, -0.2) is 0 Å². The van der Waals surface area contributed by atoms with Crippen molar-refractivity contribution in [3.05, 3.63) is 41.7 Å². The predicted molar refractivity (Wildman–Crippen MR) is 78.6 cm³/mol. The third-order valence-corrected chi connectivity index (χ3v) is 3.17. The number of hydrogen-bond donors (Lipinski definition) is 0. The zero-order valence-corrected chi connectivity index (χ0v) is 12.7. The molecule has 2 aromatic rings. The lowest BCUT2D eigenvalue weighted by atomic mass is 10.2. The van der Waals surface area contributed by atoms with Gasteiger partial charge in [0.05, 0.1) is 26.0 Å². The summed E-state index contributed by atoms with van der Waals surface area (Å²) in [7, 11) is 6.72. The molecule has 0 unspecified atom stereocenters. The Hall–Kier alpha value is -2.50. The molecule has 112 valence electrons. The van der Waals surface area contributed by atoms with E-state index in [0.717, 1.165) is 5.56 Å². The summed E-state index contributed by atoms with van der Waals surface area (Å²) in [5.41, 5.74) is 1.54. The number of rotatable bonds is 5. The van der Waals surface area contributed by atoms with Crippen LogP contribution < -0.4 is 9.47 Å². The normalized spacial score (nSPS) is 10.3. The SMILES string of the molecule is COc1ccc(CN(C)C(=O)c2cnn(C)c2)cc1OC. The van der Waals surface area contributed by atoms with Gasteiger partial charge in [-0.05, 0) is 17.7 Å². The van der Waals surface area contributed by atoms with E-state index in [2.05, 4.69) is 5.10 Å². The summed E-state index contributed by atoms with van der Waals surface area (Å²) < 4.78 is 12.1. The van der Waals surface area contributed by atoms with Crippen molar-refractivity contribution in [1.29, 1.82) is 0 Å². The molecular weight excluding hydrogens is 270 g/mol. The molecule has 0 saturated heterocycles. The largest absolute Gasteiger partial charge is 0.493 e. The second-order valence-electron chi connectivity index (χ2n) is 4.75. The second kappa shape index (κ2) is 6.30. The molecule has 21 heavy (non-hydrogen) atoms. The Bertz CT molecular complexity index is 637. The first-order chi connectivity index (χ1) is 10.0. The van der Waals surface area contributed by atoms with Gasteiger partial charge in [0.2, 0.25) is 0 Å². The molecule has 1 aromatic carbocycles. The standard InChI is InChI=1S/C15H19N3O3/c1-17(15(19)12-8-16-18(2)10-12)9-11-5-6-13(20-3)14(7-11)21-4/h5-8,10H,9H2,1-4H3. The lowest BCUT2D eigenvalue weighted by Crippen LogP contribution is -2.25. The van der Waals surface area contributed by atoms with Crippen molar-refractivity contribution in [3.8, 4) is 11.5 Å². The molecule has 0 spiro atoms. The molecule has 0 N–H and O–H groups in total. The molecule has 0 aliphatic rings. The summed E-state index contributed by atoms with van der Waals surface area (Å²) in [5.74, 6) is 1.25. The topological polar surface area (TPSA) is 56.6 Å². The average Bonchev–Trinajstić information content (AvgIpc) is 2.92. The molecule has 1 aromatic heterocycles. The Morgan fingerprint density at radius 1 is 1.29 bits per heavy atom. The highest BCUT2D eigenvalue weighted by atomic mass is 16.5. The highest BCUT2D eigenvalue weighted by Gasteiger charge is 2.14. The summed E-state index contributed by atoms with van der Waals surface area (Å²) in [5, 5.41) is 4.01. The molecule has 0 aliphatic carbocycles. The van der Waals surface area contributed by atoms with Crippen molar-refractivity contribution in [1.82, 2.24) is 14.7 Å². The number of aryl methyl sites for hydroxylation is 1. The van der Waals surface area contributed by atoms with Crippen LogP contribution in [0.3, 0.4) is 0 Å². The number of amides is 1. The predicted octanol–water partition coefficient (Wildman–Crippen LogP) is 1.71. The fourth-order valence-corrected chi connectivity index (χ4v) is 2.08. The summed E-state index contributed by atoms with van der Waals surface area (Å²) in [6, 6.07) is 5.61. The zero-order chi connectivity index (χ0) is 15.4. The van der Waals surface area contributed by atoms with Crippen LogP contribution in [0.15, 0.2) is 30.6 Å². The van der Waals surface area contributed by atoms with Crippen LogP contribution in [-0.4, -0.2) is 41.9 Å². The van der Waals surface area contributed by atoms with Crippen molar-refractivity contribution in [2.75, 3.05) is 21.3 Å². The number of ether oxygens (including phenoxy) is 2. The van der Waals surface area contributed by atoms with Crippen molar-refractivity contribution in [2.24, 2.45) is 7.05 Å². The van der Waals surface area contributed by atoms with E-state index in [1.54, 1.807) is 50.3 Å². The molecule has 6 nitrogen and oxygen atoms in total. The Kier molecular flexibility index (Phi) is 4.47. The molecular formula is C15H19N3O3. The molecule has 2 rings (SSSR count). The third kappa shape index (κ3) is 3.34. The fraction of sp³-hybridized carbons (Fsp3) is 0.333. The number of nitrogens with zero attached hydrogens (tertiary/aromatic N) is 3. The summed E-state index contributed by atoms with van der Waals surface area (Å²) >= 11 is 0. The van der Waals surface area contributed by atoms with Gasteiger partial charge in [-0.3, -0.25) is 9.48 Å². The number of methoxy groups -OCH3 is 2. The Balaban J connectivity index is 2.12. The highest BCUT2D eigenvalue weighted by molar-refractivity contribution is 5.93. The van der Waals surface area contributed by atoms with Gasteiger partial charge in [0.1, 0.15) is 0 Å². The first kappa shape index (κ1) is 14.9. The van der Waals surface area contributed by atoms with Gasteiger partial charge in [-0.15, -0.1) is 0 Å². The van der Waals surface area contributed by atoms with E-state index in [4.69, 9.17) is 9.47 Å². The van der Waals surface area contributed by atoms with Gasteiger partial charge in [0.25, 0.3) is 5.91 Å². The quantitative estimate of drug-likeness (QED) is 0.841. The van der Waals surface area contributed by atoms with Crippen LogP contribution in [0.5, 0.6) is 11.5 Å². The second-order valence-corrected chi connectivity index (χ2v) is 4.75. The zero-order valence-electron chi connectivity index (χ0n) is 12.7. The molecule has 0 bridgehead atoms. The molecule has 0 fully saturated rings. The fourth-order valence-electron chi connectivity index (χ4n) is 2.08. The Morgan fingerprint density at radius 3 is 2.57 bits per heavy atom. The number of carbonyl (C=O) groups excluding carboxylic acids is 1. The van der Waals surface area contributed by atoms with E-state index in [1.807, 2.05) is 18.2 Å². The van der Waals surface area contributed by atoms with Gasteiger partial charge in [-0.1, -0.05) is 6.07 Å². The number of carbonyl (C=O) groups is 1. The van der Waals surface area contributed by atoms with Crippen molar-refractivity contribution >= 4 is 5.91 Å². The first-order valence-electron chi connectivity index (χ1n) is 6.50. The molecule has 1 heterocycles. The van der Waals surface area contributed by atoms with Gasteiger partial charge < -0.3 is 14.4 Å². The Labute approximate surface area is 123 Å². The summed E-state index contributed by atoms with van der Waals surface area (Å²) in [4.78, 5) is 13.9. The van der Waals surface area contributed by atoms with Crippen LogP contribution in [0.4, 0.5) is 0 Å². The van der Waals surface area contributed by atoms with Gasteiger partial charge in [0, 0.05) is 26.8 Å². The lowest BCUT2D eigenvalue weighted by Gasteiger charge is -2.17. The maximum absolute atomic E-state index is 12.3. The van der Waals surface area contributed by atoms with Crippen molar-refractivity contribution in [2.45, 2.75) is 6.54 Å². The number of hydrogen-bond acceptors (Lipinski definition) is 4. The van der Waals surface area contributed by atoms with Crippen LogP contribution in [0.2, 0.25) is 0 Å². The highest BCUT2D eigenvalue weighted by Crippen LogP contribution is 2.28. The lowest BCUT2D eigenvalue weighted by molar-refractivity contribution is 0.0785. The van der Waals surface area contributed by atoms with E-state index >= 15 is 0 Å². The molecule has 1 amide bonds.